The zero-order valence-electron chi connectivity index (χ0n) is 13.9. The summed E-state index contributed by atoms with van der Waals surface area (Å²) in [6, 6.07) is 5.94. The third-order valence-corrected chi connectivity index (χ3v) is 4.47. The molecular formula is C18H24F3NS. The van der Waals surface area contributed by atoms with Crippen LogP contribution >= 0.6 is 12.6 Å². The van der Waals surface area contributed by atoms with Gasteiger partial charge in [-0.05, 0) is 37.0 Å². The number of halogens is 3. The molecule has 23 heavy (non-hydrogen) atoms. The maximum atomic E-state index is 12.3. The Morgan fingerprint density at radius 2 is 1.87 bits per heavy atom. The highest BCUT2D eigenvalue weighted by molar-refractivity contribution is 7.80. The SMILES string of the molecule is CC(C)(C)C1=Nc2cc(S)ccc2CC1CCCCC(F)(F)F. The Kier molecular flexibility index (Phi) is 5.49. The highest BCUT2D eigenvalue weighted by Crippen LogP contribution is 2.38. The number of hydrogen-bond acceptors (Lipinski definition) is 2. The van der Waals surface area contributed by atoms with Gasteiger partial charge in [-0.3, -0.25) is 4.99 Å². The van der Waals surface area contributed by atoms with E-state index in [2.05, 4.69) is 33.4 Å². The van der Waals surface area contributed by atoms with Crippen molar-refractivity contribution in [1.82, 2.24) is 0 Å². The molecule has 1 atom stereocenters. The van der Waals surface area contributed by atoms with Crippen LogP contribution in [0.5, 0.6) is 0 Å². The van der Waals surface area contributed by atoms with Crippen molar-refractivity contribution in [3.63, 3.8) is 0 Å². The Morgan fingerprint density at radius 1 is 1.17 bits per heavy atom. The van der Waals surface area contributed by atoms with Crippen molar-refractivity contribution < 1.29 is 13.2 Å². The third-order valence-electron chi connectivity index (χ3n) is 4.19. The van der Waals surface area contributed by atoms with Crippen LogP contribution < -0.4 is 0 Å². The van der Waals surface area contributed by atoms with Crippen LogP contribution in [-0.4, -0.2) is 11.9 Å². The fraction of sp³-hybridized carbons (Fsp3) is 0.611. The predicted molar refractivity (Wildman–Crippen MR) is 92.0 cm³/mol. The second-order valence-corrected chi connectivity index (χ2v) is 7.84. The molecule has 1 nitrogen and oxygen atoms in total. The maximum Gasteiger partial charge on any atom is 0.389 e. The predicted octanol–water partition coefficient (Wildman–Crippen LogP) is 6.39. The Morgan fingerprint density at radius 3 is 2.48 bits per heavy atom. The van der Waals surface area contributed by atoms with Crippen molar-refractivity contribution in [2.45, 2.75) is 63.9 Å². The van der Waals surface area contributed by atoms with Crippen LogP contribution in [0.2, 0.25) is 0 Å². The highest BCUT2D eigenvalue weighted by Gasteiger charge is 2.31. The first-order chi connectivity index (χ1) is 10.6. The minimum absolute atomic E-state index is 0.0843. The summed E-state index contributed by atoms with van der Waals surface area (Å²) in [5, 5.41) is 0. The highest BCUT2D eigenvalue weighted by atomic mass is 32.1. The number of nitrogens with zero attached hydrogens (tertiary/aromatic N) is 1. The molecule has 0 radical (unpaired) electrons. The van der Waals surface area contributed by atoms with Crippen LogP contribution in [0.4, 0.5) is 18.9 Å². The smallest absolute Gasteiger partial charge is 0.257 e. The molecule has 1 heterocycles. The normalized spacial score (nSPS) is 18.6. The molecule has 0 N–H and O–H groups in total. The Balaban J connectivity index is 2.12. The van der Waals surface area contributed by atoms with Crippen LogP contribution in [0.15, 0.2) is 28.1 Å². The lowest BCUT2D eigenvalue weighted by molar-refractivity contribution is -0.135. The van der Waals surface area contributed by atoms with Gasteiger partial charge in [-0.1, -0.05) is 33.3 Å². The number of thiol groups is 1. The van der Waals surface area contributed by atoms with Gasteiger partial charge in [0.1, 0.15) is 0 Å². The van der Waals surface area contributed by atoms with Crippen molar-refractivity contribution in [3.8, 4) is 0 Å². The molecule has 0 aromatic heterocycles. The van der Waals surface area contributed by atoms with E-state index < -0.39 is 12.6 Å². The molecule has 0 saturated carbocycles. The van der Waals surface area contributed by atoms with E-state index in [1.165, 1.54) is 0 Å². The van der Waals surface area contributed by atoms with E-state index in [0.29, 0.717) is 6.42 Å². The van der Waals surface area contributed by atoms with Crippen molar-refractivity contribution in [3.05, 3.63) is 23.8 Å². The van der Waals surface area contributed by atoms with Gasteiger partial charge in [0.25, 0.3) is 0 Å². The largest absolute Gasteiger partial charge is 0.389 e. The number of hydrogen-bond donors (Lipinski definition) is 1. The first-order valence-corrected chi connectivity index (χ1v) is 8.49. The van der Waals surface area contributed by atoms with Gasteiger partial charge in [0.15, 0.2) is 0 Å². The zero-order chi connectivity index (χ0) is 17.3. The molecule has 1 aliphatic heterocycles. The van der Waals surface area contributed by atoms with Gasteiger partial charge in [-0.25, -0.2) is 0 Å². The molecule has 1 aliphatic rings. The number of fused-ring (bicyclic) bond motifs is 1. The second kappa shape index (κ2) is 6.88. The average molecular weight is 343 g/mol. The number of aliphatic imine (C=N–C) groups is 1. The number of alkyl halides is 3. The number of rotatable bonds is 4. The topological polar surface area (TPSA) is 12.4 Å². The molecule has 0 bridgehead atoms. The van der Waals surface area contributed by atoms with Crippen molar-refractivity contribution in [1.29, 1.82) is 0 Å². The van der Waals surface area contributed by atoms with Gasteiger partial charge in [-0.15, -0.1) is 12.6 Å². The maximum absolute atomic E-state index is 12.3. The molecule has 128 valence electrons. The van der Waals surface area contributed by atoms with E-state index in [1.807, 2.05) is 18.2 Å². The number of unbranched alkanes of at least 4 members (excludes halogenated alkanes) is 1. The van der Waals surface area contributed by atoms with E-state index >= 15 is 0 Å². The second-order valence-electron chi connectivity index (χ2n) is 7.32. The minimum Gasteiger partial charge on any atom is -0.257 e. The molecule has 0 fully saturated rings. The molecule has 0 saturated heterocycles. The minimum atomic E-state index is -4.05. The summed E-state index contributed by atoms with van der Waals surface area (Å²) in [5.41, 5.74) is 3.13. The molecule has 1 aromatic rings. The molecule has 0 aliphatic carbocycles. The van der Waals surface area contributed by atoms with E-state index in [1.54, 1.807) is 0 Å². The molecule has 1 aromatic carbocycles. The van der Waals surface area contributed by atoms with Crippen LogP contribution in [-0.2, 0) is 6.42 Å². The van der Waals surface area contributed by atoms with Crippen LogP contribution in [0.25, 0.3) is 0 Å². The fourth-order valence-electron chi connectivity index (χ4n) is 3.15. The molecule has 1 unspecified atom stereocenters. The number of benzene rings is 1. The van der Waals surface area contributed by atoms with Crippen molar-refractivity contribution in [2.24, 2.45) is 16.3 Å². The van der Waals surface area contributed by atoms with E-state index in [4.69, 9.17) is 4.99 Å². The lowest BCUT2D eigenvalue weighted by atomic mass is 9.75. The van der Waals surface area contributed by atoms with E-state index in [0.717, 1.165) is 34.7 Å². The summed E-state index contributed by atoms with van der Waals surface area (Å²) >= 11 is 4.36. The lowest BCUT2D eigenvalue weighted by Gasteiger charge is -2.33. The summed E-state index contributed by atoms with van der Waals surface area (Å²) in [7, 11) is 0. The zero-order valence-corrected chi connectivity index (χ0v) is 14.8. The summed E-state index contributed by atoms with van der Waals surface area (Å²) in [5.74, 6) is 0.224. The van der Waals surface area contributed by atoms with Gasteiger partial charge >= 0.3 is 6.18 Å². The van der Waals surface area contributed by atoms with Crippen molar-refractivity contribution in [2.75, 3.05) is 0 Å². The molecular weight excluding hydrogens is 319 g/mol. The Bertz CT molecular complexity index is 585. The summed E-state index contributed by atoms with van der Waals surface area (Å²) in [4.78, 5) is 5.71. The van der Waals surface area contributed by atoms with Crippen LogP contribution in [0, 0.1) is 11.3 Å². The van der Waals surface area contributed by atoms with Gasteiger partial charge in [-0.2, -0.15) is 13.2 Å². The lowest BCUT2D eigenvalue weighted by Crippen LogP contribution is -2.32. The first kappa shape index (κ1) is 18.4. The average Bonchev–Trinajstić information content (AvgIpc) is 2.40. The fourth-order valence-corrected chi connectivity index (χ4v) is 3.34. The Hall–Kier alpha value is -0.970. The summed E-state index contributed by atoms with van der Waals surface area (Å²) < 4.78 is 36.9. The first-order valence-electron chi connectivity index (χ1n) is 8.04. The monoisotopic (exact) mass is 343 g/mol. The standard InChI is InChI=1S/C18H24F3NS/c1-17(2,3)16-13(6-4-5-9-18(19,20)21)10-12-7-8-14(23)11-15(12)22-16/h7-8,11,13,23H,4-6,9-10H2,1-3H3. The molecule has 0 amide bonds. The summed E-state index contributed by atoms with van der Waals surface area (Å²) in [6.45, 7) is 6.35. The van der Waals surface area contributed by atoms with E-state index in [-0.39, 0.29) is 17.8 Å². The van der Waals surface area contributed by atoms with Gasteiger partial charge < -0.3 is 0 Å². The summed E-state index contributed by atoms with van der Waals surface area (Å²) in [6.07, 6.45) is -2.36. The van der Waals surface area contributed by atoms with E-state index in [9.17, 15) is 13.2 Å². The van der Waals surface area contributed by atoms with Gasteiger partial charge in [0.05, 0.1) is 5.69 Å². The third kappa shape index (κ3) is 5.27. The Labute approximate surface area is 141 Å². The molecule has 0 spiro atoms. The molecule has 5 heteroatoms. The van der Waals surface area contributed by atoms with Crippen molar-refractivity contribution >= 4 is 24.0 Å². The molecule has 2 rings (SSSR count). The van der Waals surface area contributed by atoms with Crippen LogP contribution in [0.3, 0.4) is 0 Å². The van der Waals surface area contributed by atoms with Gasteiger partial charge in [0, 0.05) is 28.4 Å². The quantitative estimate of drug-likeness (QED) is 0.480. The van der Waals surface area contributed by atoms with Gasteiger partial charge in [0.2, 0.25) is 0 Å². The van der Waals surface area contributed by atoms with Crippen LogP contribution in [0.1, 0.15) is 52.0 Å².